The van der Waals surface area contributed by atoms with Gasteiger partial charge in [-0.15, -0.1) is 10.2 Å². The first kappa shape index (κ1) is 18.4. The highest BCUT2D eigenvalue weighted by Crippen LogP contribution is 2.42. The third-order valence-electron chi connectivity index (χ3n) is 4.75. The monoisotopic (exact) mass is 401 g/mol. The van der Waals surface area contributed by atoms with E-state index >= 15 is 0 Å². The molecule has 0 radical (unpaired) electrons. The van der Waals surface area contributed by atoms with Crippen molar-refractivity contribution in [2.75, 3.05) is 19.5 Å². The van der Waals surface area contributed by atoms with Crippen molar-refractivity contribution in [1.29, 1.82) is 0 Å². The fraction of sp³-hybridized carbons (Fsp3) is 0.368. The zero-order valence-corrected chi connectivity index (χ0v) is 16.5. The van der Waals surface area contributed by atoms with E-state index in [0.29, 0.717) is 44.6 Å². The first-order valence-corrected chi connectivity index (χ1v) is 9.64. The Bertz CT molecular complexity index is 1120. The van der Waals surface area contributed by atoms with Crippen molar-refractivity contribution >= 4 is 33.3 Å². The van der Waals surface area contributed by atoms with Crippen LogP contribution in [0.4, 0.5) is 5.13 Å². The Kier molecular flexibility index (Phi) is 4.76. The lowest BCUT2D eigenvalue weighted by Crippen LogP contribution is -2.20. The number of ether oxygens (including phenoxy) is 2. The molecule has 4 rings (SSSR count). The first-order chi connectivity index (χ1) is 13.5. The van der Waals surface area contributed by atoms with Crippen molar-refractivity contribution in [3.8, 4) is 11.5 Å². The molecular weight excluding hydrogens is 382 g/mol. The fourth-order valence-electron chi connectivity index (χ4n) is 3.07. The molecule has 0 unspecified atom stereocenters. The predicted molar refractivity (Wildman–Crippen MR) is 105 cm³/mol. The van der Waals surface area contributed by atoms with Gasteiger partial charge in [0.05, 0.1) is 26.2 Å². The molecule has 1 fully saturated rings. The summed E-state index contributed by atoms with van der Waals surface area (Å²) in [5, 5.41) is 12.9. The Labute approximate surface area is 164 Å². The molecule has 0 saturated heterocycles. The third kappa shape index (κ3) is 3.33. The van der Waals surface area contributed by atoms with Crippen LogP contribution in [0.3, 0.4) is 0 Å². The average Bonchev–Trinajstić information content (AvgIpc) is 3.43. The number of benzene rings is 1. The van der Waals surface area contributed by atoms with Crippen molar-refractivity contribution < 1.29 is 18.7 Å². The van der Waals surface area contributed by atoms with Crippen LogP contribution in [0, 0.1) is 6.92 Å². The number of anilines is 1. The minimum Gasteiger partial charge on any atom is -0.493 e. The average molecular weight is 401 g/mol. The molecule has 0 aliphatic heterocycles. The number of aromatic nitrogens is 2. The van der Waals surface area contributed by atoms with Crippen LogP contribution in [0.15, 0.2) is 21.3 Å². The molecule has 9 heteroatoms. The second kappa shape index (κ2) is 7.23. The lowest BCUT2D eigenvalue weighted by molar-refractivity contribution is -0.115. The van der Waals surface area contributed by atoms with Gasteiger partial charge in [0.25, 0.3) is 0 Å². The molecule has 1 saturated carbocycles. The SMILES string of the molecule is COc1ccc2c(C)c(CC(=O)Nc3nnc(C4CC4)s3)c(=O)oc2c1OC. The van der Waals surface area contributed by atoms with E-state index in [0.717, 1.165) is 17.8 Å². The van der Waals surface area contributed by atoms with E-state index in [1.165, 1.54) is 25.6 Å². The van der Waals surface area contributed by atoms with E-state index in [1.807, 2.05) is 0 Å². The number of rotatable bonds is 6. The summed E-state index contributed by atoms with van der Waals surface area (Å²) in [5.74, 6) is 0.946. The van der Waals surface area contributed by atoms with Gasteiger partial charge in [0, 0.05) is 11.3 Å². The lowest BCUT2D eigenvalue weighted by atomic mass is 10.0. The number of amides is 1. The Morgan fingerprint density at radius 2 is 2.07 bits per heavy atom. The van der Waals surface area contributed by atoms with Gasteiger partial charge in [-0.25, -0.2) is 4.79 Å². The van der Waals surface area contributed by atoms with E-state index in [4.69, 9.17) is 13.9 Å². The van der Waals surface area contributed by atoms with E-state index in [-0.39, 0.29) is 12.3 Å². The quantitative estimate of drug-likeness (QED) is 0.633. The van der Waals surface area contributed by atoms with Gasteiger partial charge in [0.15, 0.2) is 11.3 Å². The van der Waals surface area contributed by atoms with Crippen molar-refractivity contribution in [2.45, 2.75) is 32.1 Å². The molecule has 1 amide bonds. The van der Waals surface area contributed by atoms with Crippen molar-refractivity contribution in [3.05, 3.63) is 38.7 Å². The topological polar surface area (TPSA) is 104 Å². The van der Waals surface area contributed by atoms with Gasteiger partial charge in [-0.1, -0.05) is 11.3 Å². The molecule has 0 atom stereocenters. The van der Waals surface area contributed by atoms with Gasteiger partial charge < -0.3 is 19.2 Å². The summed E-state index contributed by atoms with van der Waals surface area (Å²) < 4.78 is 16.0. The molecule has 0 spiro atoms. The molecule has 2 aromatic heterocycles. The van der Waals surface area contributed by atoms with Crippen LogP contribution in [0.1, 0.15) is 34.9 Å². The number of methoxy groups -OCH3 is 2. The number of aryl methyl sites for hydroxylation is 1. The van der Waals surface area contributed by atoms with Crippen LogP contribution >= 0.6 is 11.3 Å². The Balaban J connectivity index is 1.62. The zero-order chi connectivity index (χ0) is 19.8. The number of nitrogens with one attached hydrogen (secondary N) is 1. The molecule has 0 bridgehead atoms. The maximum absolute atomic E-state index is 12.5. The van der Waals surface area contributed by atoms with Crippen molar-refractivity contribution in [3.63, 3.8) is 0 Å². The smallest absolute Gasteiger partial charge is 0.340 e. The molecule has 2 heterocycles. The lowest BCUT2D eigenvalue weighted by Gasteiger charge is -2.12. The number of hydrogen-bond acceptors (Lipinski definition) is 8. The van der Waals surface area contributed by atoms with Crippen LogP contribution in [-0.2, 0) is 11.2 Å². The molecule has 3 aromatic rings. The summed E-state index contributed by atoms with van der Waals surface area (Å²) in [4.78, 5) is 25.0. The van der Waals surface area contributed by atoms with Gasteiger partial charge in [-0.05, 0) is 37.5 Å². The largest absolute Gasteiger partial charge is 0.493 e. The summed E-state index contributed by atoms with van der Waals surface area (Å²) in [6, 6.07) is 3.52. The van der Waals surface area contributed by atoms with Gasteiger partial charge in [-0.2, -0.15) is 0 Å². The molecule has 146 valence electrons. The van der Waals surface area contributed by atoms with E-state index in [2.05, 4.69) is 15.5 Å². The molecular formula is C19H19N3O5S. The highest BCUT2D eigenvalue weighted by molar-refractivity contribution is 7.15. The minimum absolute atomic E-state index is 0.114. The summed E-state index contributed by atoms with van der Waals surface area (Å²) in [6.07, 6.45) is 2.12. The van der Waals surface area contributed by atoms with Gasteiger partial charge in [0.1, 0.15) is 5.01 Å². The molecule has 1 aromatic carbocycles. The van der Waals surface area contributed by atoms with E-state index < -0.39 is 5.63 Å². The third-order valence-corrected chi connectivity index (χ3v) is 5.75. The highest BCUT2D eigenvalue weighted by Gasteiger charge is 2.28. The van der Waals surface area contributed by atoms with Crippen molar-refractivity contribution in [1.82, 2.24) is 10.2 Å². The zero-order valence-electron chi connectivity index (χ0n) is 15.7. The number of carbonyl (C=O) groups excluding carboxylic acids is 1. The van der Waals surface area contributed by atoms with Crippen LogP contribution < -0.4 is 20.4 Å². The Morgan fingerprint density at radius 1 is 1.29 bits per heavy atom. The minimum atomic E-state index is -0.581. The summed E-state index contributed by atoms with van der Waals surface area (Å²) in [7, 11) is 2.99. The molecule has 8 nitrogen and oxygen atoms in total. The first-order valence-electron chi connectivity index (χ1n) is 8.82. The fourth-order valence-corrected chi connectivity index (χ4v) is 4.00. The summed E-state index contributed by atoms with van der Waals surface area (Å²) in [5.41, 5.74) is 0.678. The van der Waals surface area contributed by atoms with Gasteiger partial charge in [0.2, 0.25) is 16.8 Å². The van der Waals surface area contributed by atoms with Crippen LogP contribution in [0.5, 0.6) is 11.5 Å². The van der Waals surface area contributed by atoms with E-state index in [9.17, 15) is 9.59 Å². The number of hydrogen-bond donors (Lipinski definition) is 1. The number of carbonyl (C=O) groups is 1. The number of fused-ring (bicyclic) bond motifs is 1. The van der Waals surface area contributed by atoms with Crippen LogP contribution in [0.25, 0.3) is 11.0 Å². The van der Waals surface area contributed by atoms with Gasteiger partial charge in [-0.3, -0.25) is 4.79 Å². The standard InChI is InChI=1S/C19H19N3O5S/c1-9-11-6-7-13(25-2)16(26-3)15(11)27-18(24)12(9)8-14(23)20-19-22-21-17(28-19)10-4-5-10/h6-7,10H,4-5,8H2,1-3H3,(H,20,22,23). The van der Waals surface area contributed by atoms with Crippen LogP contribution in [-0.4, -0.2) is 30.3 Å². The van der Waals surface area contributed by atoms with Gasteiger partial charge >= 0.3 is 5.63 Å². The second-order valence-electron chi connectivity index (χ2n) is 6.62. The second-order valence-corrected chi connectivity index (χ2v) is 7.62. The van der Waals surface area contributed by atoms with Crippen LogP contribution in [0.2, 0.25) is 0 Å². The van der Waals surface area contributed by atoms with E-state index in [1.54, 1.807) is 19.1 Å². The Hall–Kier alpha value is -2.94. The Morgan fingerprint density at radius 3 is 2.75 bits per heavy atom. The number of nitrogens with zero attached hydrogens (tertiary/aromatic N) is 2. The molecule has 28 heavy (non-hydrogen) atoms. The molecule has 1 N–H and O–H groups in total. The highest BCUT2D eigenvalue weighted by atomic mass is 32.1. The summed E-state index contributed by atoms with van der Waals surface area (Å²) in [6.45, 7) is 1.78. The molecule has 1 aliphatic rings. The summed E-state index contributed by atoms with van der Waals surface area (Å²) >= 11 is 1.38. The predicted octanol–water partition coefficient (Wildman–Crippen LogP) is 3.03. The maximum Gasteiger partial charge on any atom is 0.340 e. The molecule has 1 aliphatic carbocycles. The maximum atomic E-state index is 12.5. The normalized spacial score (nSPS) is 13.5. The van der Waals surface area contributed by atoms with Crippen molar-refractivity contribution in [2.24, 2.45) is 0 Å².